The molecule has 124 valence electrons. The summed E-state index contributed by atoms with van der Waals surface area (Å²) in [6.45, 7) is -0.118. The molecule has 1 aromatic carbocycles. The largest absolute Gasteiger partial charge is 0.326 e. The second-order valence-electron chi connectivity index (χ2n) is 4.38. The van der Waals surface area contributed by atoms with Crippen molar-refractivity contribution < 1.29 is 22.0 Å². The van der Waals surface area contributed by atoms with E-state index in [2.05, 4.69) is 26.0 Å². The Labute approximate surface area is 143 Å². The standard InChI is InChI=1S/C13H11BrF2N2O3S2/c14-11-3-4-13(22-11)23(20,21)17-6-5-12(19)18-8-1-2-9(15)10(16)7-8/h1-4,7,17H,5-6H2,(H,18,19). The molecule has 2 rings (SSSR count). The predicted molar refractivity (Wildman–Crippen MR) is 86.8 cm³/mol. The van der Waals surface area contributed by atoms with Crippen LogP contribution in [0.2, 0.25) is 0 Å². The molecule has 0 aliphatic rings. The van der Waals surface area contributed by atoms with Crippen LogP contribution in [0, 0.1) is 11.6 Å². The van der Waals surface area contributed by atoms with Gasteiger partial charge in [0.2, 0.25) is 15.9 Å². The van der Waals surface area contributed by atoms with Crippen LogP contribution >= 0.6 is 27.3 Å². The first-order chi connectivity index (χ1) is 10.8. The fourth-order valence-corrected chi connectivity index (χ4v) is 4.70. The molecule has 2 aromatic rings. The summed E-state index contributed by atoms with van der Waals surface area (Å²) < 4.78 is 52.7. The molecule has 0 atom stereocenters. The number of benzene rings is 1. The quantitative estimate of drug-likeness (QED) is 0.747. The van der Waals surface area contributed by atoms with E-state index in [4.69, 9.17) is 0 Å². The first-order valence-electron chi connectivity index (χ1n) is 6.28. The highest BCUT2D eigenvalue weighted by Crippen LogP contribution is 2.25. The lowest BCUT2D eigenvalue weighted by molar-refractivity contribution is -0.116. The molecule has 1 amide bonds. The Balaban J connectivity index is 1.86. The monoisotopic (exact) mass is 424 g/mol. The highest BCUT2D eigenvalue weighted by Gasteiger charge is 2.16. The first kappa shape index (κ1) is 18.0. The highest BCUT2D eigenvalue weighted by molar-refractivity contribution is 9.11. The summed E-state index contributed by atoms with van der Waals surface area (Å²) in [5.41, 5.74) is 0.0962. The number of carbonyl (C=O) groups is 1. The minimum Gasteiger partial charge on any atom is -0.326 e. The number of nitrogens with one attached hydrogen (secondary N) is 2. The van der Waals surface area contributed by atoms with Crippen LogP contribution in [-0.2, 0) is 14.8 Å². The molecule has 1 heterocycles. The van der Waals surface area contributed by atoms with Gasteiger partial charge in [-0.3, -0.25) is 4.79 Å². The van der Waals surface area contributed by atoms with Crippen LogP contribution in [0.1, 0.15) is 6.42 Å². The summed E-state index contributed by atoms with van der Waals surface area (Å²) in [6.07, 6.45) is -0.148. The molecular formula is C13H11BrF2N2O3S2. The van der Waals surface area contributed by atoms with Crippen LogP contribution in [0.5, 0.6) is 0 Å². The summed E-state index contributed by atoms with van der Waals surface area (Å²) in [5.74, 6) is -2.62. The fraction of sp³-hybridized carbons (Fsp3) is 0.154. The molecule has 0 saturated carbocycles. The third-order valence-corrected chi connectivity index (χ3v) is 6.24. The van der Waals surface area contributed by atoms with Crippen LogP contribution in [0.4, 0.5) is 14.5 Å². The zero-order valence-corrected chi connectivity index (χ0v) is 14.7. The van der Waals surface area contributed by atoms with Crippen molar-refractivity contribution in [1.82, 2.24) is 4.72 Å². The van der Waals surface area contributed by atoms with Crippen molar-refractivity contribution in [2.45, 2.75) is 10.6 Å². The topological polar surface area (TPSA) is 75.3 Å². The lowest BCUT2D eigenvalue weighted by Crippen LogP contribution is -2.27. The molecule has 0 unspecified atom stereocenters. The molecule has 5 nitrogen and oxygen atoms in total. The van der Waals surface area contributed by atoms with Gasteiger partial charge in [0, 0.05) is 24.7 Å². The maximum absolute atomic E-state index is 13.0. The van der Waals surface area contributed by atoms with Gasteiger partial charge in [-0.15, -0.1) is 11.3 Å². The van der Waals surface area contributed by atoms with E-state index >= 15 is 0 Å². The van der Waals surface area contributed by atoms with Crippen molar-refractivity contribution in [2.24, 2.45) is 0 Å². The van der Waals surface area contributed by atoms with Crippen LogP contribution < -0.4 is 10.0 Å². The average molecular weight is 425 g/mol. The van der Waals surface area contributed by atoms with E-state index < -0.39 is 27.6 Å². The summed E-state index contributed by atoms with van der Waals surface area (Å²) >= 11 is 4.22. The third-order valence-electron chi connectivity index (χ3n) is 2.66. The lowest BCUT2D eigenvalue weighted by Gasteiger charge is -2.07. The van der Waals surface area contributed by atoms with Gasteiger partial charge in [0.15, 0.2) is 11.6 Å². The van der Waals surface area contributed by atoms with Gasteiger partial charge in [0.1, 0.15) is 4.21 Å². The van der Waals surface area contributed by atoms with Gasteiger partial charge in [0.05, 0.1) is 3.79 Å². The average Bonchev–Trinajstić information content (AvgIpc) is 2.90. The molecular weight excluding hydrogens is 414 g/mol. The number of hydrogen-bond donors (Lipinski definition) is 2. The Bertz CT molecular complexity index is 824. The molecule has 0 spiro atoms. The summed E-state index contributed by atoms with van der Waals surface area (Å²) in [5, 5.41) is 2.35. The predicted octanol–water partition coefficient (Wildman–Crippen LogP) is 3.10. The Hall–Kier alpha value is -1.36. The number of amides is 1. The molecule has 2 N–H and O–H groups in total. The summed E-state index contributed by atoms with van der Waals surface area (Å²) in [6, 6.07) is 6.00. The number of anilines is 1. The molecule has 10 heteroatoms. The number of carbonyl (C=O) groups excluding carboxylic acids is 1. The summed E-state index contributed by atoms with van der Waals surface area (Å²) in [4.78, 5) is 11.7. The normalized spacial score (nSPS) is 11.4. The number of hydrogen-bond acceptors (Lipinski definition) is 4. The summed E-state index contributed by atoms with van der Waals surface area (Å²) in [7, 11) is -3.67. The molecule has 23 heavy (non-hydrogen) atoms. The van der Waals surface area contributed by atoms with Crippen LogP contribution in [0.15, 0.2) is 38.3 Å². The minimum atomic E-state index is -3.67. The van der Waals surface area contributed by atoms with Crippen molar-refractivity contribution in [3.8, 4) is 0 Å². The van der Waals surface area contributed by atoms with Crippen LogP contribution in [0.3, 0.4) is 0 Å². The molecule has 1 aromatic heterocycles. The Morgan fingerprint density at radius 1 is 1.17 bits per heavy atom. The highest BCUT2D eigenvalue weighted by atomic mass is 79.9. The molecule has 0 bridgehead atoms. The van der Waals surface area contributed by atoms with E-state index in [1.165, 1.54) is 12.1 Å². The second kappa shape index (κ2) is 7.47. The van der Waals surface area contributed by atoms with Crippen molar-refractivity contribution in [3.05, 3.63) is 45.8 Å². The van der Waals surface area contributed by atoms with Crippen molar-refractivity contribution in [3.63, 3.8) is 0 Å². The van der Waals surface area contributed by atoms with Gasteiger partial charge in [0.25, 0.3) is 0 Å². The third kappa shape index (κ3) is 5.06. The zero-order valence-electron chi connectivity index (χ0n) is 11.5. The molecule has 0 saturated heterocycles. The zero-order chi connectivity index (χ0) is 17.0. The molecule has 0 fully saturated rings. The molecule has 0 aliphatic carbocycles. The number of sulfonamides is 1. The molecule has 0 radical (unpaired) electrons. The van der Waals surface area contributed by atoms with Crippen LogP contribution in [-0.4, -0.2) is 20.9 Å². The number of rotatable bonds is 6. The van der Waals surface area contributed by atoms with Crippen molar-refractivity contribution in [1.29, 1.82) is 0 Å². The SMILES string of the molecule is O=C(CCNS(=O)(=O)c1ccc(Br)s1)Nc1ccc(F)c(F)c1. The molecule has 0 aliphatic heterocycles. The Kier molecular flexibility index (Phi) is 5.84. The van der Waals surface area contributed by atoms with E-state index in [1.54, 1.807) is 6.07 Å². The van der Waals surface area contributed by atoms with E-state index in [1.807, 2.05) is 0 Å². The van der Waals surface area contributed by atoms with E-state index in [0.29, 0.717) is 3.79 Å². The second-order valence-corrected chi connectivity index (χ2v) is 8.84. The minimum absolute atomic E-state index is 0.0962. The van der Waals surface area contributed by atoms with Crippen molar-refractivity contribution >= 4 is 48.9 Å². The van der Waals surface area contributed by atoms with Gasteiger partial charge in [-0.25, -0.2) is 21.9 Å². The van der Waals surface area contributed by atoms with E-state index in [9.17, 15) is 22.0 Å². The van der Waals surface area contributed by atoms with E-state index in [-0.39, 0.29) is 22.9 Å². The lowest BCUT2D eigenvalue weighted by atomic mass is 10.3. The van der Waals surface area contributed by atoms with Gasteiger partial charge >= 0.3 is 0 Å². The van der Waals surface area contributed by atoms with Gasteiger partial charge in [-0.1, -0.05) is 0 Å². The Morgan fingerprint density at radius 3 is 2.52 bits per heavy atom. The first-order valence-corrected chi connectivity index (χ1v) is 9.37. The Morgan fingerprint density at radius 2 is 1.91 bits per heavy atom. The smallest absolute Gasteiger partial charge is 0.250 e. The van der Waals surface area contributed by atoms with Crippen LogP contribution in [0.25, 0.3) is 0 Å². The van der Waals surface area contributed by atoms with Crippen molar-refractivity contribution in [2.75, 3.05) is 11.9 Å². The van der Waals surface area contributed by atoms with E-state index in [0.717, 1.165) is 23.5 Å². The van der Waals surface area contributed by atoms with Gasteiger partial charge in [-0.2, -0.15) is 0 Å². The van der Waals surface area contributed by atoms with Gasteiger partial charge < -0.3 is 5.32 Å². The number of halogens is 3. The maximum atomic E-state index is 13.0. The maximum Gasteiger partial charge on any atom is 0.250 e. The fourth-order valence-electron chi connectivity index (χ4n) is 1.61. The van der Waals surface area contributed by atoms with Gasteiger partial charge in [-0.05, 0) is 40.2 Å². The number of thiophene rings is 1.